The van der Waals surface area contributed by atoms with Crippen LogP contribution in [0.3, 0.4) is 0 Å². The zero-order valence-electron chi connectivity index (χ0n) is 8.31. The van der Waals surface area contributed by atoms with Crippen LogP contribution in [0.15, 0.2) is 14.3 Å². The van der Waals surface area contributed by atoms with Crippen LogP contribution in [0.5, 0.6) is 0 Å². The Morgan fingerprint density at radius 2 is 2.31 bits per heavy atom. The fraction of sp³-hybridized carbons (Fsp3) is 0.333. The molecule has 0 saturated heterocycles. The van der Waals surface area contributed by atoms with E-state index in [1.807, 2.05) is 0 Å². The van der Waals surface area contributed by atoms with Gasteiger partial charge in [-0.05, 0) is 44.8 Å². The molecule has 4 nitrogen and oxygen atoms in total. The first-order valence-electron chi connectivity index (χ1n) is 4.39. The summed E-state index contributed by atoms with van der Waals surface area (Å²) in [7, 11) is 0. The molecule has 0 aromatic carbocycles. The van der Waals surface area contributed by atoms with E-state index in [0.717, 1.165) is 8.26 Å². The van der Waals surface area contributed by atoms with Gasteiger partial charge in [-0.3, -0.25) is 4.79 Å². The standard InChI is InChI=1S/C9H9Br2NO3S/c1-2-12(4-13)7(9(14)15)6-3-5(10)8(11)16-6/h3-4,7H,2H2,1H3,(H,14,15). The Morgan fingerprint density at radius 1 is 1.69 bits per heavy atom. The molecule has 0 aliphatic carbocycles. The summed E-state index contributed by atoms with van der Waals surface area (Å²) >= 11 is 7.89. The molecular weight excluding hydrogens is 362 g/mol. The first-order valence-corrected chi connectivity index (χ1v) is 6.80. The molecule has 0 fully saturated rings. The number of carboxylic acids is 1. The molecule has 0 saturated carbocycles. The van der Waals surface area contributed by atoms with Crippen molar-refractivity contribution in [1.82, 2.24) is 4.90 Å². The van der Waals surface area contributed by atoms with Gasteiger partial charge in [-0.1, -0.05) is 0 Å². The molecule has 1 rings (SSSR count). The number of carbonyl (C=O) groups is 2. The highest BCUT2D eigenvalue weighted by molar-refractivity contribution is 9.13. The summed E-state index contributed by atoms with van der Waals surface area (Å²) in [6.07, 6.45) is 0.556. The SMILES string of the molecule is CCN(C=O)C(C(=O)O)c1cc(Br)c(Br)s1. The molecule has 1 aromatic rings. The first-order chi connectivity index (χ1) is 7.51. The van der Waals surface area contributed by atoms with Gasteiger partial charge in [-0.15, -0.1) is 11.3 Å². The summed E-state index contributed by atoms with van der Waals surface area (Å²) in [6.45, 7) is 2.09. The molecule has 0 aliphatic heterocycles. The van der Waals surface area contributed by atoms with E-state index in [2.05, 4.69) is 31.9 Å². The monoisotopic (exact) mass is 369 g/mol. The maximum atomic E-state index is 11.2. The van der Waals surface area contributed by atoms with Crippen LogP contribution in [0.2, 0.25) is 0 Å². The van der Waals surface area contributed by atoms with Crippen molar-refractivity contribution < 1.29 is 14.7 Å². The lowest BCUT2D eigenvalue weighted by Crippen LogP contribution is -2.32. The lowest BCUT2D eigenvalue weighted by molar-refractivity contribution is -0.146. The Hall–Kier alpha value is -0.400. The summed E-state index contributed by atoms with van der Waals surface area (Å²) in [5, 5.41) is 9.13. The van der Waals surface area contributed by atoms with Crippen molar-refractivity contribution in [3.63, 3.8) is 0 Å². The highest BCUT2D eigenvalue weighted by Crippen LogP contribution is 2.37. The largest absolute Gasteiger partial charge is 0.479 e. The van der Waals surface area contributed by atoms with E-state index >= 15 is 0 Å². The molecule has 16 heavy (non-hydrogen) atoms. The predicted octanol–water partition coefficient (Wildman–Crippen LogP) is 2.88. The van der Waals surface area contributed by atoms with Gasteiger partial charge in [0.05, 0.1) is 3.79 Å². The second-order valence-electron chi connectivity index (χ2n) is 2.95. The number of rotatable bonds is 5. The number of carboxylic acid groups (broad SMARTS) is 1. The van der Waals surface area contributed by atoms with Crippen LogP contribution < -0.4 is 0 Å². The van der Waals surface area contributed by atoms with E-state index < -0.39 is 12.0 Å². The van der Waals surface area contributed by atoms with Gasteiger partial charge >= 0.3 is 5.97 Å². The highest BCUT2D eigenvalue weighted by Gasteiger charge is 2.27. The van der Waals surface area contributed by atoms with E-state index in [0.29, 0.717) is 17.8 Å². The highest BCUT2D eigenvalue weighted by atomic mass is 79.9. The lowest BCUT2D eigenvalue weighted by atomic mass is 10.2. The topological polar surface area (TPSA) is 57.6 Å². The number of nitrogens with zero attached hydrogens (tertiary/aromatic N) is 1. The van der Waals surface area contributed by atoms with E-state index in [4.69, 9.17) is 5.11 Å². The van der Waals surface area contributed by atoms with Gasteiger partial charge in [0, 0.05) is 15.9 Å². The normalized spacial score (nSPS) is 12.2. The molecule has 1 aromatic heterocycles. The maximum absolute atomic E-state index is 11.2. The molecule has 1 atom stereocenters. The Balaban J connectivity index is 3.11. The number of hydrogen-bond acceptors (Lipinski definition) is 3. The minimum absolute atomic E-state index is 0.355. The van der Waals surface area contributed by atoms with Crippen LogP contribution in [0.25, 0.3) is 0 Å². The minimum atomic E-state index is -1.03. The quantitative estimate of drug-likeness (QED) is 0.810. The zero-order valence-corrected chi connectivity index (χ0v) is 12.3. The van der Waals surface area contributed by atoms with Gasteiger partial charge in [0.1, 0.15) is 0 Å². The fourth-order valence-electron chi connectivity index (χ4n) is 1.24. The summed E-state index contributed by atoms with van der Waals surface area (Å²) in [4.78, 5) is 23.8. The number of thiophene rings is 1. The van der Waals surface area contributed by atoms with Gasteiger partial charge in [0.2, 0.25) is 6.41 Å². The number of hydrogen-bond donors (Lipinski definition) is 1. The molecular formula is C9H9Br2NO3S. The third kappa shape index (κ3) is 2.83. The van der Waals surface area contributed by atoms with Crippen LogP contribution >= 0.6 is 43.2 Å². The number of halogens is 2. The molecule has 1 N–H and O–H groups in total. The third-order valence-electron chi connectivity index (χ3n) is 2.00. The van der Waals surface area contributed by atoms with Gasteiger partial charge in [-0.2, -0.15) is 0 Å². The van der Waals surface area contributed by atoms with Crippen LogP contribution in [0, 0.1) is 0 Å². The van der Waals surface area contributed by atoms with Crippen molar-refractivity contribution in [2.75, 3.05) is 6.54 Å². The average molecular weight is 371 g/mol. The Labute approximate surface area is 114 Å². The molecule has 0 aliphatic rings. The molecule has 0 spiro atoms. The van der Waals surface area contributed by atoms with E-state index in [-0.39, 0.29) is 0 Å². The fourth-order valence-corrected chi connectivity index (χ4v) is 3.45. The molecule has 7 heteroatoms. The second-order valence-corrected chi connectivity index (χ2v) is 6.20. The summed E-state index contributed by atoms with van der Waals surface area (Å²) in [5.74, 6) is -1.03. The van der Waals surface area contributed by atoms with Crippen molar-refractivity contribution in [2.45, 2.75) is 13.0 Å². The van der Waals surface area contributed by atoms with Crippen molar-refractivity contribution in [3.8, 4) is 0 Å². The Bertz CT molecular complexity index is 388. The van der Waals surface area contributed by atoms with Crippen LogP contribution in [-0.4, -0.2) is 28.9 Å². The van der Waals surface area contributed by atoms with E-state index in [9.17, 15) is 9.59 Å². The molecule has 1 amide bonds. The molecule has 0 radical (unpaired) electrons. The molecule has 0 bridgehead atoms. The van der Waals surface area contributed by atoms with Crippen molar-refractivity contribution in [1.29, 1.82) is 0 Å². The first kappa shape index (κ1) is 13.7. The Kier molecular flexibility index (Phi) is 4.94. The Morgan fingerprint density at radius 3 is 2.62 bits per heavy atom. The summed E-state index contributed by atoms with van der Waals surface area (Å²) in [5.41, 5.74) is 0. The summed E-state index contributed by atoms with van der Waals surface area (Å²) in [6, 6.07) is 0.787. The van der Waals surface area contributed by atoms with Crippen LogP contribution in [0.4, 0.5) is 0 Å². The summed E-state index contributed by atoms with van der Waals surface area (Å²) < 4.78 is 1.61. The van der Waals surface area contributed by atoms with Gasteiger partial charge in [0.25, 0.3) is 0 Å². The number of likely N-dealkylation sites (N-methyl/N-ethyl adjacent to an activating group) is 1. The van der Waals surface area contributed by atoms with E-state index in [1.165, 1.54) is 16.2 Å². The van der Waals surface area contributed by atoms with Crippen molar-refractivity contribution >= 4 is 55.6 Å². The molecule has 1 heterocycles. The van der Waals surface area contributed by atoms with Gasteiger partial charge in [-0.25, -0.2) is 4.79 Å². The second kappa shape index (κ2) is 5.79. The van der Waals surface area contributed by atoms with Crippen LogP contribution in [0.1, 0.15) is 17.8 Å². The molecule has 88 valence electrons. The number of aliphatic carboxylic acids is 1. The zero-order chi connectivity index (χ0) is 12.3. The molecule has 1 unspecified atom stereocenters. The van der Waals surface area contributed by atoms with Gasteiger partial charge in [0.15, 0.2) is 6.04 Å². The van der Waals surface area contributed by atoms with Crippen molar-refractivity contribution in [3.05, 3.63) is 19.2 Å². The average Bonchev–Trinajstić information content (AvgIpc) is 2.54. The minimum Gasteiger partial charge on any atom is -0.479 e. The van der Waals surface area contributed by atoms with Gasteiger partial charge < -0.3 is 10.0 Å². The third-order valence-corrected chi connectivity index (χ3v) is 5.31. The number of carbonyl (C=O) groups excluding carboxylic acids is 1. The maximum Gasteiger partial charge on any atom is 0.331 e. The number of amides is 1. The van der Waals surface area contributed by atoms with E-state index in [1.54, 1.807) is 13.0 Å². The van der Waals surface area contributed by atoms with Crippen LogP contribution in [-0.2, 0) is 9.59 Å². The smallest absolute Gasteiger partial charge is 0.331 e. The lowest BCUT2D eigenvalue weighted by Gasteiger charge is -2.22. The van der Waals surface area contributed by atoms with Crippen molar-refractivity contribution in [2.24, 2.45) is 0 Å². The predicted molar refractivity (Wildman–Crippen MR) is 68.5 cm³/mol.